The molecule has 0 aromatic heterocycles. The van der Waals surface area contributed by atoms with E-state index in [-0.39, 0.29) is 16.8 Å². The fourth-order valence-electron chi connectivity index (χ4n) is 3.80. The number of carbonyl (C=O) groups excluding carboxylic acids is 1. The lowest BCUT2D eigenvalue weighted by atomic mass is 10.1. The van der Waals surface area contributed by atoms with E-state index in [1.54, 1.807) is 25.1 Å². The number of ether oxygens (including phenoxy) is 2. The average molecular weight is 451 g/mol. The van der Waals surface area contributed by atoms with Crippen molar-refractivity contribution in [1.82, 2.24) is 4.90 Å². The van der Waals surface area contributed by atoms with Crippen LogP contribution in [0.3, 0.4) is 0 Å². The number of halogens is 3. The van der Waals surface area contributed by atoms with Gasteiger partial charge >= 0.3 is 6.18 Å². The Morgan fingerprint density at radius 1 is 1.06 bits per heavy atom. The van der Waals surface area contributed by atoms with E-state index < -0.39 is 17.6 Å². The first-order chi connectivity index (χ1) is 15.3. The van der Waals surface area contributed by atoms with Gasteiger partial charge in [0.15, 0.2) is 0 Å². The van der Waals surface area contributed by atoms with Crippen molar-refractivity contribution in [3.63, 3.8) is 0 Å². The van der Waals surface area contributed by atoms with Gasteiger partial charge in [-0.2, -0.15) is 13.2 Å². The Balaban J connectivity index is 1.79. The number of benzene rings is 2. The average Bonchev–Trinajstić information content (AvgIpc) is 2.75. The van der Waals surface area contributed by atoms with E-state index in [4.69, 9.17) is 9.47 Å². The summed E-state index contributed by atoms with van der Waals surface area (Å²) < 4.78 is 51.3. The van der Waals surface area contributed by atoms with Gasteiger partial charge in [-0.15, -0.1) is 0 Å². The van der Waals surface area contributed by atoms with Gasteiger partial charge in [-0.3, -0.25) is 9.69 Å². The maximum absolute atomic E-state index is 13.3. The molecule has 0 bridgehead atoms. The van der Waals surface area contributed by atoms with Crippen LogP contribution in [0.5, 0.6) is 11.5 Å². The van der Waals surface area contributed by atoms with Crippen molar-refractivity contribution >= 4 is 11.6 Å². The summed E-state index contributed by atoms with van der Waals surface area (Å²) in [6, 6.07) is 8.76. The van der Waals surface area contributed by atoms with Crippen LogP contribution in [-0.2, 0) is 6.18 Å². The number of piperidine rings is 1. The summed E-state index contributed by atoms with van der Waals surface area (Å²) in [6.07, 6.45) is -0.919. The lowest BCUT2D eigenvalue weighted by Gasteiger charge is -2.26. The molecule has 0 radical (unpaired) electrons. The van der Waals surface area contributed by atoms with E-state index >= 15 is 0 Å². The molecule has 8 heteroatoms. The summed E-state index contributed by atoms with van der Waals surface area (Å²) in [5.41, 5.74) is -0.473. The summed E-state index contributed by atoms with van der Waals surface area (Å²) in [4.78, 5) is 15.4. The molecule has 174 valence electrons. The van der Waals surface area contributed by atoms with E-state index in [1.807, 2.05) is 0 Å². The molecule has 5 nitrogen and oxygen atoms in total. The van der Waals surface area contributed by atoms with Crippen molar-refractivity contribution in [3.05, 3.63) is 53.1 Å². The summed E-state index contributed by atoms with van der Waals surface area (Å²) in [5.74, 6) is 0.0799. The number of hydrogen-bond donors (Lipinski definition) is 1. The molecule has 1 amide bonds. The Hall–Kier alpha value is -2.74. The minimum Gasteiger partial charge on any atom is -0.493 e. The number of alkyl halides is 3. The first kappa shape index (κ1) is 23.9. The van der Waals surface area contributed by atoms with Crippen molar-refractivity contribution < 1.29 is 27.4 Å². The molecule has 0 unspecified atom stereocenters. The van der Waals surface area contributed by atoms with Crippen LogP contribution in [0.2, 0.25) is 0 Å². The molecular formula is C24H29F3N2O3. The first-order valence-electron chi connectivity index (χ1n) is 10.9. The zero-order valence-corrected chi connectivity index (χ0v) is 18.4. The van der Waals surface area contributed by atoms with Gasteiger partial charge in [0.05, 0.1) is 12.2 Å². The monoisotopic (exact) mass is 450 g/mol. The number of hydrogen-bond acceptors (Lipinski definition) is 4. The number of nitrogens with zero attached hydrogens (tertiary/aromatic N) is 1. The van der Waals surface area contributed by atoms with Crippen LogP contribution >= 0.6 is 0 Å². The normalized spacial score (nSPS) is 14.8. The van der Waals surface area contributed by atoms with Gasteiger partial charge < -0.3 is 14.8 Å². The second-order valence-electron chi connectivity index (χ2n) is 7.79. The van der Waals surface area contributed by atoms with Gasteiger partial charge in [-0.05, 0) is 69.6 Å². The SMILES string of the molecule is CCOc1cccc(OCCN2CCCCC2)c1C(=O)Nc1ccc(C)c(C(F)(F)F)c1. The Kier molecular flexibility index (Phi) is 8.01. The molecule has 0 atom stereocenters. The predicted octanol–water partition coefficient (Wildman–Crippen LogP) is 5.53. The quantitative estimate of drug-likeness (QED) is 0.575. The Morgan fingerprint density at radius 3 is 2.41 bits per heavy atom. The van der Waals surface area contributed by atoms with E-state index in [9.17, 15) is 18.0 Å². The molecule has 2 aromatic rings. The smallest absolute Gasteiger partial charge is 0.416 e. The van der Waals surface area contributed by atoms with E-state index in [2.05, 4.69) is 10.2 Å². The number of likely N-dealkylation sites (tertiary alicyclic amines) is 1. The molecule has 0 aliphatic carbocycles. The number of carbonyl (C=O) groups is 1. The Bertz CT molecular complexity index is 925. The van der Waals surface area contributed by atoms with Crippen LogP contribution in [0.25, 0.3) is 0 Å². The van der Waals surface area contributed by atoms with Gasteiger partial charge in [-0.1, -0.05) is 18.6 Å². The zero-order chi connectivity index (χ0) is 23.1. The van der Waals surface area contributed by atoms with Crippen molar-refractivity contribution in [2.75, 3.05) is 38.2 Å². The van der Waals surface area contributed by atoms with Crippen LogP contribution in [-0.4, -0.2) is 43.7 Å². The molecule has 1 aliphatic heterocycles. The van der Waals surface area contributed by atoms with Crippen molar-refractivity contribution in [2.45, 2.75) is 39.3 Å². The fraction of sp³-hybridized carbons (Fsp3) is 0.458. The number of amides is 1. The van der Waals surface area contributed by atoms with Gasteiger partial charge in [0, 0.05) is 12.2 Å². The van der Waals surface area contributed by atoms with Crippen molar-refractivity contribution in [1.29, 1.82) is 0 Å². The van der Waals surface area contributed by atoms with Crippen molar-refractivity contribution in [3.8, 4) is 11.5 Å². The summed E-state index contributed by atoms with van der Waals surface area (Å²) >= 11 is 0. The van der Waals surface area contributed by atoms with Gasteiger partial charge in [0.2, 0.25) is 0 Å². The highest BCUT2D eigenvalue weighted by molar-refractivity contribution is 6.08. The highest BCUT2D eigenvalue weighted by atomic mass is 19.4. The minimum atomic E-state index is -4.50. The van der Waals surface area contributed by atoms with Crippen LogP contribution in [0.1, 0.15) is 47.7 Å². The Morgan fingerprint density at radius 2 is 1.75 bits per heavy atom. The number of aryl methyl sites for hydroxylation is 1. The predicted molar refractivity (Wildman–Crippen MR) is 118 cm³/mol. The molecule has 2 aromatic carbocycles. The number of nitrogens with one attached hydrogen (secondary N) is 1. The minimum absolute atomic E-state index is 0.0542. The highest BCUT2D eigenvalue weighted by Gasteiger charge is 2.32. The van der Waals surface area contributed by atoms with Crippen molar-refractivity contribution in [2.24, 2.45) is 0 Å². The number of rotatable bonds is 8. The molecule has 1 fully saturated rings. The molecule has 0 saturated carbocycles. The number of anilines is 1. The Labute approximate surface area is 186 Å². The lowest BCUT2D eigenvalue weighted by molar-refractivity contribution is -0.138. The van der Waals surface area contributed by atoms with E-state index in [1.165, 1.54) is 38.3 Å². The highest BCUT2D eigenvalue weighted by Crippen LogP contribution is 2.34. The molecular weight excluding hydrogens is 421 g/mol. The molecule has 32 heavy (non-hydrogen) atoms. The van der Waals surface area contributed by atoms with Gasteiger partial charge in [-0.25, -0.2) is 0 Å². The molecule has 1 aliphatic rings. The van der Waals surface area contributed by atoms with Gasteiger partial charge in [0.25, 0.3) is 5.91 Å². The summed E-state index contributed by atoms with van der Waals surface area (Å²) in [6.45, 7) is 6.72. The van der Waals surface area contributed by atoms with Gasteiger partial charge in [0.1, 0.15) is 23.7 Å². The van der Waals surface area contributed by atoms with Crippen LogP contribution in [0.4, 0.5) is 18.9 Å². The summed E-state index contributed by atoms with van der Waals surface area (Å²) in [5, 5.41) is 2.57. The zero-order valence-electron chi connectivity index (χ0n) is 18.4. The maximum atomic E-state index is 13.3. The fourth-order valence-corrected chi connectivity index (χ4v) is 3.80. The standard InChI is InChI=1S/C24H29F3N2O3/c1-3-31-20-8-7-9-21(32-15-14-29-12-5-4-6-13-29)22(20)23(30)28-18-11-10-17(2)19(16-18)24(25,26)27/h7-11,16H,3-6,12-15H2,1-2H3,(H,28,30). The third kappa shape index (κ3) is 6.16. The van der Waals surface area contributed by atoms with Crippen LogP contribution in [0.15, 0.2) is 36.4 Å². The lowest BCUT2D eigenvalue weighted by Crippen LogP contribution is -2.33. The molecule has 1 N–H and O–H groups in total. The van der Waals surface area contributed by atoms with E-state index in [0.717, 1.165) is 25.7 Å². The second kappa shape index (κ2) is 10.7. The molecule has 3 rings (SSSR count). The molecule has 1 saturated heterocycles. The second-order valence-corrected chi connectivity index (χ2v) is 7.79. The molecule has 0 spiro atoms. The maximum Gasteiger partial charge on any atom is 0.416 e. The first-order valence-corrected chi connectivity index (χ1v) is 10.9. The topological polar surface area (TPSA) is 50.8 Å². The third-order valence-electron chi connectivity index (χ3n) is 5.43. The largest absolute Gasteiger partial charge is 0.493 e. The van der Waals surface area contributed by atoms with E-state index in [0.29, 0.717) is 24.7 Å². The summed E-state index contributed by atoms with van der Waals surface area (Å²) in [7, 11) is 0. The van der Waals surface area contributed by atoms with Crippen LogP contribution in [0, 0.1) is 6.92 Å². The molecule has 1 heterocycles. The van der Waals surface area contributed by atoms with Crippen LogP contribution < -0.4 is 14.8 Å². The third-order valence-corrected chi connectivity index (χ3v) is 5.43.